The van der Waals surface area contributed by atoms with E-state index in [-0.39, 0.29) is 17.9 Å². The highest BCUT2D eigenvalue weighted by molar-refractivity contribution is 7.96. The van der Waals surface area contributed by atoms with Crippen molar-refractivity contribution >= 4 is 35.4 Å². The summed E-state index contributed by atoms with van der Waals surface area (Å²) in [4.78, 5) is 32.0. The molecule has 0 spiro atoms. The standard InChI is InChI=1S/C34H48ClN5O2S/c1-3-40(43-2)24-32(26-9-5-4-6-10-26)38-17-19-39(20-18-38)34(42)31(21-25-13-15-28(35)16-14-25)37-33(41)22-30-29-12-8-7-11-27(29)23-36-30/h7-8,11-16,26,30-32,36H,3-6,9-10,17-24H2,1-2H3,(H,37,41)/t30?,31-,32?/m1/s1. The van der Waals surface area contributed by atoms with Crippen molar-refractivity contribution in [3.63, 3.8) is 0 Å². The lowest BCUT2D eigenvalue weighted by Crippen LogP contribution is -2.59. The molecule has 2 N–H and O–H groups in total. The maximum atomic E-state index is 14.0. The number of nitrogens with one attached hydrogen (secondary N) is 2. The van der Waals surface area contributed by atoms with Crippen molar-refractivity contribution in [1.29, 1.82) is 0 Å². The number of carbonyl (C=O) groups is 2. The molecule has 2 aliphatic heterocycles. The van der Waals surface area contributed by atoms with Crippen LogP contribution in [0.2, 0.25) is 5.02 Å². The zero-order chi connectivity index (χ0) is 30.2. The minimum absolute atomic E-state index is 0.0104. The Morgan fingerprint density at radius 2 is 1.77 bits per heavy atom. The summed E-state index contributed by atoms with van der Waals surface area (Å²) in [5.41, 5.74) is 3.39. The minimum atomic E-state index is -0.613. The van der Waals surface area contributed by atoms with Crippen molar-refractivity contribution in [3.05, 3.63) is 70.2 Å². The van der Waals surface area contributed by atoms with Crippen LogP contribution in [-0.4, -0.2) is 83.5 Å². The van der Waals surface area contributed by atoms with Gasteiger partial charge in [0.2, 0.25) is 11.8 Å². The molecule has 2 aromatic rings. The van der Waals surface area contributed by atoms with Gasteiger partial charge in [0.15, 0.2) is 0 Å². The number of benzene rings is 2. The molecule has 0 bridgehead atoms. The molecule has 3 aliphatic rings. The maximum absolute atomic E-state index is 14.0. The third kappa shape index (κ3) is 8.54. The van der Waals surface area contributed by atoms with Gasteiger partial charge in [-0.3, -0.25) is 14.5 Å². The van der Waals surface area contributed by atoms with Gasteiger partial charge in [-0.15, -0.1) is 0 Å². The molecule has 3 atom stereocenters. The molecule has 2 fully saturated rings. The average Bonchev–Trinajstić information content (AvgIpc) is 3.45. The van der Waals surface area contributed by atoms with E-state index in [0.717, 1.165) is 44.2 Å². The van der Waals surface area contributed by atoms with Gasteiger partial charge in [-0.25, -0.2) is 4.31 Å². The van der Waals surface area contributed by atoms with E-state index in [9.17, 15) is 9.59 Å². The molecule has 2 unspecified atom stereocenters. The van der Waals surface area contributed by atoms with E-state index < -0.39 is 6.04 Å². The molecule has 1 saturated carbocycles. The molecule has 1 aliphatic carbocycles. The number of rotatable bonds is 12. The largest absolute Gasteiger partial charge is 0.344 e. The van der Waals surface area contributed by atoms with Crippen LogP contribution in [0.5, 0.6) is 0 Å². The number of hydrogen-bond acceptors (Lipinski definition) is 6. The molecule has 9 heteroatoms. The Hall–Kier alpha value is -2.10. The molecule has 0 radical (unpaired) electrons. The topological polar surface area (TPSA) is 67.9 Å². The summed E-state index contributed by atoms with van der Waals surface area (Å²) < 4.78 is 2.48. The van der Waals surface area contributed by atoms with Crippen molar-refractivity contribution in [3.8, 4) is 0 Å². The first kappa shape index (κ1) is 32.3. The first-order valence-electron chi connectivity index (χ1n) is 16.1. The van der Waals surface area contributed by atoms with Gasteiger partial charge in [0, 0.05) is 75.8 Å². The summed E-state index contributed by atoms with van der Waals surface area (Å²) >= 11 is 7.98. The van der Waals surface area contributed by atoms with E-state index in [1.165, 1.54) is 43.2 Å². The maximum Gasteiger partial charge on any atom is 0.245 e. The summed E-state index contributed by atoms with van der Waals surface area (Å²) in [5.74, 6) is 0.633. The van der Waals surface area contributed by atoms with Crippen LogP contribution < -0.4 is 10.6 Å². The molecule has 7 nitrogen and oxygen atoms in total. The molecule has 234 valence electrons. The van der Waals surface area contributed by atoms with Crippen LogP contribution in [0, 0.1) is 5.92 Å². The van der Waals surface area contributed by atoms with Gasteiger partial charge in [-0.1, -0.05) is 86.1 Å². The van der Waals surface area contributed by atoms with E-state index in [2.05, 4.69) is 45.2 Å². The van der Waals surface area contributed by atoms with Gasteiger partial charge >= 0.3 is 0 Å². The Balaban J connectivity index is 1.24. The Kier molecular flexibility index (Phi) is 11.8. The van der Waals surface area contributed by atoms with Gasteiger partial charge in [0.05, 0.1) is 0 Å². The number of carbonyl (C=O) groups excluding carboxylic acids is 2. The summed E-state index contributed by atoms with van der Waals surface area (Å²) in [6.45, 7) is 8.26. The monoisotopic (exact) mass is 625 g/mol. The molecule has 1 saturated heterocycles. The van der Waals surface area contributed by atoms with Crippen LogP contribution in [-0.2, 0) is 22.6 Å². The van der Waals surface area contributed by atoms with Gasteiger partial charge in [-0.2, -0.15) is 0 Å². The minimum Gasteiger partial charge on any atom is -0.344 e. The molecule has 2 aromatic carbocycles. The van der Waals surface area contributed by atoms with Crippen LogP contribution in [0.25, 0.3) is 0 Å². The normalized spacial score (nSPS) is 21.0. The van der Waals surface area contributed by atoms with E-state index in [1.807, 2.05) is 53.2 Å². The second-order valence-corrected chi connectivity index (χ2v) is 13.6. The zero-order valence-electron chi connectivity index (χ0n) is 25.8. The van der Waals surface area contributed by atoms with E-state index >= 15 is 0 Å². The van der Waals surface area contributed by atoms with Crippen molar-refractivity contribution in [2.45, 2.75) is 76.5 Å². The molecule has 43 heavy (non-hydrogen) atoms. The number of piperazine rings is 1. The van der Waals surface area contributed by atoms with Crippen molar-refractivity contribution in [2.24, 2.45) is 5.92 Å². The predicted octanol–water partition coefficient (Wildman–Crippen LogP) is 5.29. The van der Waals surface area contributed by atoms with Gasteiger partial charge in [0.25, 0.3) is 0 Å². The number of nitrogens with zero attached hydrogens (tertiary/aromatic N) is 3. The lowest BCUT2D eigenvalue weighted by molar-refractivity contribution is -0.138. The second kappa shape index (κ2) is 15.8. The first-order valence-corrected chi connectivity index (χ1v) is 17.7. The average molecular weight is 626 g/mol. The molecular weight excluding hydrogens is 578 g/mol. The fourth-order valence-electron chi connectivity index (χ4n) is 7.17. The third-order valence-corrected chi connectivity index (χ3v) is 10.8. The zero-order valence-corrected chi connectivity index (χ0v) is 27.3. The number of fused-ring (bicyclic) bond motifs is 1. The quantitative estimate of drug-likeness (QED) is 0.312. The highest BCUT2D eigenvalue weighted by atomic mass is 35.5. The molecule has 5 rings (SSSR count). The third-order valence-electron chi connectivity index (χ3n) is 9.64. The lowest BCUT2D eigenvalue weighted by atomic mass is 9.83. The fraction of sp³-hybridized carbons (Fsp3) is 0.588. The van der Waals surface area contributed by atoms with Crippen molar-refractivity contribution in [2.75, 3.05) is 45.5 Å². The first-order chi connectivity index (χ1) is 20.9. The second-order valence-electron chi connectivity index (χ2n) is 12.3. The lowest BCUT2D eigenvalue weighted by Gasteiger charge is -2.45. The van der Waals surface area contributed by atoms with Crippen LogP contribution in [0.15, 0.2) is 48.5 Å². The summed E-state index contributed by atoms with van der Waals surface area (Å²) in [6, 6.07) is 15.7. The molecular formula is C34H48ClN5O2S. The van der Waals surface area contributed by atoms with Gasteiger partial charge in [-0.05, 0) is 53.8 Å². The van der Waals surface area contributed by atoms with Gasteiger partial charge in [0.1, 0.15) is 6.04 Å². The fourth-order valence-corrected chi connectivity index (χ4v) is 7.86. The van der Waals surface area contributed by atoms with Gasteiger partial charge < -0.3 is 15.5 Å². The van der Waals surface area contributed by atoms with E-state index in [0.29, 0.717) is 37.0 Å². The Morgan fingerprint density at radius 1 is 1.05 bits per heavy atom. The highest BCUT2D eigenvalue weighted by Crippen LogP contribution is 2.31. The van der Waals surface area contributed by atoms with Crippen LogP contribution in [0.4, 0.5) is 0 Å². The Labute approximate surface area is 267 Å². The summed E-state index contributed by atoms with van der Waals surface area (Å²) in [5, 5.41) is 7.25. The smallest absolute Gasteiger partial charge is 0.245 e. The molecule has 2 heterocycles. The van der Waals surface area contributed by atoms with E-state index in [1.54, 1.807) is 0 Å². The number of likely N-dealkylation sites (N-methyl/N-ethyl adjacent to an activating group) is 1. The Morgan fingerprint density at radius 3 is 2.47 bits per heavy atom. The molecule has 0 aromatic heterocycles. The van der Waals surface area contributed by atoms with Crippen molar-refractivity contribution in [1.82, 2.24) is 24.7 Å². The summed E-state index contributed by atoms with van der Waals surface area (Å²) in [7, 11) is 0. The molecule has 2 amide bonds. The highest BCUT2D eigenvalue weighted by Gasteiger charge is 2.35. The van der Waals surface area contributed by atoms with Crippen LogP contribution >= 0.6 is 23.5 Å². The SMILES string of the molecule is CCN(CC(C1CCCCC1)N1CCN(C(=O)[C@@H](Cc2ccc(Cl)cc2)NC(=O)CC2NCc3ccccc32)CC1)SC. The summed E-state index contributed by atoms with van der Waals surface area (Å²) in [6.07, 6.45) is 9.57. The Bertz CT molecular complexity index is 1200. The number of amides is 2. The number of hydrogen-bond donors (Lipinski definition) is 2. The van der Waals surface area contributed by atoms with Crippen LogP contribution in [0.3, 0.4) is 0 Å². The van der Waals surface area contributed by atoms with Crippen LogP contribution in [0.1, 0.15) is 68.2 Å². The number of halogens is 1. The van der Waals surface area contributed by atoms with Crippen molar-refractivity contribution < 1.29 is 9.59 Å². The van der Waals surface area contributed by atoms with E-state index in [4.69, 9.17) is 11.6 Å². The predicted molar refractivity (Wildman–Crippen MR) is 177 cm³/mol.